The number of imide groups is 1. The minimum Gasteiger partial charge on any atom is -0.352 e. The number of fused-ring (bicyclic) bond motifs is 1. The highest BCUT2D eigenvalue weighted by atomic mass is 35.5. The van der Waals surface area contributed by atoms with Crippen molar-refractivity contribution in [3.05, 3.63) is 47.0 Å². The Morgan fingerprint density at radius 1 is 1.06 bits per heavy atom. The molecule has 1 fully saturated rings. The molecule has 0 radical (unpaired) electrons. The molecule has 7 nitrogen and oxygen atoms in total. The number of halogens is 1. The summed E-state index contributed by atoms with van der Waals surface area (Å²) in [5.41, 5.74) is 0.845. The first-order chi connectivity index (χ1) is 16.3. The lowest BCUT2D eigenvalue weighted by atomic mass is 9.85. The fourth-order valence-corrected chi connectivity index (χ4v) is 4.71. The van der Waals surface area contributed by atoms with Gasteiger partial charge < -0.3 is 10.2 Å². The Bertz CT molecular complexity index is 920. The average Bonchev–Trinajstić information content (AvgIpc) is 3.08. The first-order valence-corrected chi connectivity index (χ1v) is 12.5. The Balaban J connectivity index is 1.75. The second-order valence-electron chi connectivity index (χ2n) is 9.12. The Morgan fingerprint density at radius 3 is 2.18 bits per heavy atom. The summed E-state index contributed by atoms with van der Waals surface area (Å²) >= 11 is 6.01. The molecule has 34 heavy (non-hydrogen) atoms. The third-order valence-electron chi connectivity index (χ3n) is 6.80. The maximum atomic E-state index is 13.4. The molecule has 4 atom stereocenters. The maximum Gasteiger partial charge on any atom is 0.243 e. The number of amides is 4. The van der Waals surface area contributed by atoms with Gasteiger partial charge in [0.15, 0.2) is 0 Å². The fraction of sp³-hybridized carbons (Fsp3) is 0.538. The quantitative estimate of drug-likeness (QED) is 0.402. The van der Waals surface area contributed by atoms with Crippen molar-refractivity contribution >= 4 is 35.2 Å². The summed E-state index contributed by atoms with van der Waals surface area (Å²) in [6.07, 6.45) is 6.22. The van der Waals surface area contributed by atoms with E-state index in [0.29, 0.717) is 24.3 Å². The molecular weight excluding hydrogens is 454 g/mol. The van der Waals surface area contributed by atoms with Crippen LogP contribution >= 0.6 is 11.6 Å². The van der Waals surface area contributed by atoms with Crippen molar-refractivity contribution in [1.82, 2.24) is 15.1 Å². The number of hydrogen-bond acceptors (Lipinski definition) is 4. The zero-order valence-corrected chi connectivity index (χ0v) is 20.9. The van der Waals surface area contributed by atoms with Crippen LogP contribution in [-0.4, -0.2) is 52.1 Å². The van der Waals surface area contributed by atoms with Gasteiger partial charge in [0.05, 0.1) is 11.8 Å². The lowest BCUT2D eigenvalue weighted by Gasteiger charge is -2.32. The lowest BCUT2D eigenvalue weighted by Crippen LogP contribution is -2.51. The molecule has 0 unspecified atom stereocenters. The van der Waals surface area contributed by atoms with Gasteiger partial charge in [0, 0.05) is 30.6 Å². The minimum absolute atomic E-state index is 0.00849. The topological polar surface area (TPSA) is 86.8 Å². The lowest BCUT2D eigenvalue weighted by molar-refractivity contribution is -0.144. The standard InChI is InChI=1S/C26H34ClN3O4/c1-4-17(3)28-24(32)22(5-2)30(16-18-10-12-19(27)13-11-18)23(31)14-15-29-25(33)20-8-6-7-9-21(20)26(29)34/h6-7,10-13,17,20-22H,4-5,8-9,14-16H2,1-3H3,(H,28,32)/t17-,20-,21+,22-/m0/s1. The van der Waals surface area contributed by atoms with E-state index < -0.39 is 6.04 Å². The summed E-state index contributed by atoms with van der Waals surface area (Å²) < 4.78 is 0. The largest absolute Gasteiger partial charge is 0.352 e. The summed E-state index contributed by atoms with van der Waals surface area (Å²) in [6, 6.07) is 6.48. The third-order valence-corrected chi connectivity index (χ3v) is 7.05. The summed E-state index contributed by atoms with van der Waals surface area (Å²) in [6.45, 7) is 6.05. The average molecular weight is 488 g/mol. The first kappa shape index (κ1) is 25.9. The van der Waals surface area contributed by atoms with E-state index in [4.69, 9.17) is 11.6 Å². The van der Waals surface area contributed by atoms with E-state index in [0.717, 1.165) is 12.0 Å². The van der Waals surface area contributed by atoms with E-state index in [1.165, 1.54) is 4.90 Å². The number of allylic oxidation sites excluding steroid dienone is 2. The molecule has 3 rings (SSSR count). The molecule has 2 aliphatic rings. The summed E-state index contributed by atoms with van der Waals surface area (Å²) in [7, 11) is 0. The molecule has 184 valence electrons. The van der Waals surface area contributed by atoms with Gasteiger partial charge in [-0.3, -0.25) is 24.1 Å². The van der Waals surface area contributed by atoms with Gasteiger partial charge in [0.25, 0.3) is 0 Å². The first-order valence-electron chi connectivity index (χ1n) is 12.1. The van der Waals surface area contributed by atoms with Crippen molar-refractivity contribution in [3.63, 3.8) is 0 Å². The Hall–Kier alpha value is -2.67. The molecule has 1 saturated heterocycles. The van der Waals surface area contributed by atoms with Crippen LogP contribution in [0.25, 0.3) is 0 Å². The molecule has 1 aromatic carbocycles. The molecule has 1 aliphatic carbocycles. The van der Waals surface area contributed by atoms with Crippen molar-refractivity contribution in [2.75, 3.05) is 6.54 Å². The highest BCUT2D eigenvalue weighted by Gasteiger charge is 2.47. The van der Waals surface area contributed by atoms with Gasteiger partial charge in [-0.15, -0.1) is 0 Å². The number of benzene rings is 1. The van der Waals surface area contributed by atoms with Gasteiger partial charge in [0.2, 0.25) is 23.6 Å². The zero-order chi connectivity index (χ0) is 24.8. The molecule has 0 aromatic heterocycles. The van der Waals surface area contributed by atoms with Gasteiger partial charge in [-0.25, -0.2) is 0 Å². The van der Waals surface area contributed by atoms with Crippen molar-refractivity contribution in [1.29, 1.82) is 0 Å². The molecule has 1 aromatic rings. The molecule has 0 spiro atoms. The fourth-order valence-electron chi connectivity index (χ4n) is 4.59. The number of nitrogens with zero attached hydrogens (tertiary/aromatic N) is 2. The predicted octanol–water partition coefficient (Wildman–Crippen LogP) is 3.70. The van der Waals surface area contributed by atoms with Gasteiger partial charge in [-0.2, -0.15) is 0 Å². The number of likely N-dealkylation sites (tertiary alicyclic amines) is 1. The van der Waals surface area contributed by atoms with Crippen molar-refractivity contribution in [2.24, 2.45) is 11.8 Å². The summed E-state index contributed by atoms with van der Waals surface area (Å²) in [5.74, 6) is -1.50. The van der Waals surface area contributed by atoms with Crippen LogP contribution in [-0.2, 0) is 25.7 Å². The predicted molar refractivity (Wildman–Crippen MR) is 131 cm³/mol. The Labute approximate surface area is 206 Å². The van der Waals surface area contributed by atoms with Crippen molar-refractivity contribution in [2.45, 2.75) is 71.5 Å². The van der Waals surface area contributed by atoms with Crippen molar-refractivity contribution < 1.29 is 19.2 Å². The molecule has 1 N–H and O–H groups in total. The number of rotatable bonds is 10. The normalized spacial score (nSPS) is 21.2. The number of carbonyl (C=O) groups is 4. The van der Waals surface area contributed by atoms with Crippen LogP contribution in [0, 0.1) is 11.8 Å². The van der Waals surface area contributed by atoms with E-state index in [-0.39, 0.29) is 61.0 Å². The van der Waals surface area contributed by atoms with Gasteiger partial charge in [-0.1, -0.05) is 49.7 Å². The Morgan fingerprint density at radius 2 is 1.65 bits per heavy atom. The van der Waals surface area contributed by atoms with E-state index in [1.54, 1.807) is 17.0 Å². The van der Waals surface area contributed by atoms with Crippen LogP contribution in [0.3, 0.4) is 0 Å². The van der Waals surface area contributed by atoms with Crippen LogP contribution in [0.5, 0.6) is 0 Å². The molecule has 1 heterocycles. The molecule has 8 heteroatoms. The van der Waals surface area contributed by atoms with E-state index in [1.807, 2.05) is 45.1 Å². The highest BCUT2D eigenvalue weighted by Crippen LogP contribution is 2.35. The van der Waals surface area contributed by atoms with Crippen LogP contribution < -0.4 is 5.32 Å². The minimum atomic E-state index is -0.658. The molecule has 1 aliphatic heterocycles. The maximum absolute atomic E-state index is 13.4. The van der Waals surface area contributed by atoms with E-state index in [2.05, 4.69) is 5.32 Å². The molecular formula is C26H34ClN3O4. The van der Waals surface area contributed by atoms with Crippen LogP contribution in [0.1, 0.15) is 58.4 Å². The highest BCUT2D eigenvalue weighted by molar-refractivity contribution is 6.30. The van der Waals surface area contributed by atoms with E-state index >= 15 is 0 Å². The summed E-state index contributed by atoms with van der Waals surface area (Å²) in [5, 5.41) is 3.56. The Kier molecular flexibility index (Phi) is 8.89. The monoisotopic (exact) mass is 487 g/mol. The zero-order valence-electron chi connectivity index (χ0n) is 20.1. The molecule has 0 bridgehead atoms. The second kappa shape index (κ2) is 11.6. The van der Waals surface area contributed by atoms with Crippen LogP contribution in [0.4, 0.5) is 0 Å². The number of nitrogens with one attached hydrogen (secondary N) is 1. The molecule has 0 saturated carbocycles. The van der Waals surface area contributed by atoms with Crippen molar-refractivity contribution in [3.8, 4) is 0 Å². The summed E-state index contributed by atoms with van der Waals surface area (Å²) in [4.78, 5) is 54.8. The number of carbonyl (C=O) groups excluding carboxylic acids is 4. The third kappa shape index (κ3) is 5.87. The van der Waals surface area contributed by atoms with Crippen LogP contribution in [0.2, 0.25) is 5.02 Å². The number of hydrogen-bond donors (Lipinski definition) is 1. The van der Waals surface area contributed by atoms with Gasteiger partial charge >= 0.3 is 0 Å². The smallest absolute Gasteiger partial charge is 0.243 e. The molecule has 4 amide bonds. The second-order valence-corrected chi connectivity index (χ2v) is 9.56. The van der Waals surface area contributed by atoms with Gasteiger partial charge in [0.1, 0.15) is 6.04 Å². The van der Waals surface area contributed by atoms with Crippen LogP contribution in [0.15, 0.2) is 36.4 Å². The van der Waals surface area contributed by atoms with E-state index in [9.17, 15) is 19.2 Å². The SMILES string of the molecule is CC[C@H](C)NC(=O)[C@H](CC)N(Cc1ccc(Cl)cc1)C(=O)CCN1C(=O)[C@H]2CC=CC[C@H]2C1=O. The van der Waals surface area contributed by atoms with Gasteiger partial charge in [-0.05, 0) is 50.3 Å².